The van der Waals surface area contributed by atoms with Gasteiger partial charge in [-0.05, 0) is 24.1 Å². The van der Waals surface area contributed by atoms with Gasteiger partial charge in [-0.1, -0.05) is 30.7 Å². The van der Waals surface area contributed by atoms with E-state index >= 15 is 0 Å². The smallest absolute Gasteiger partial charge is 0.337 e. The molecule has 0 amide bonds. The van der Waals surface area contributed by atoms with Gasteiger partial charge in [0.1, 0.15) is 27.9 Å². The summed E-state index contributed by atoms with van der Waals surface area (Å²) in [5.74, 6) is -3.06. The van der Waals surface area contributed by atoms with Gasteiger partial charge < -0.3 is 30.0 Å². The van der Waals surface area contributed by atoms with Crippen LogP contribution in [-0.2, 0) is 9.53 Å². The number of carbonyl (C=O) groups is 3. The minimum absolute atomic E-state index is 0.0162. The largest absolute Gasteiger partial charge is 0.496 e. The van der Waals surface area contributed by atoms with Crippen molar-refractivity contribution in [3.63, 3.8) is 0 Å². The predicted octanol–water partition coefficient (Wildman–Crippen LogP) is 3.24. The van der Waals surface area contributed by atoms with E-state index in [0.29, 0.717) is 11.3 Å². The molecule has 6 rings (SSSR count). The van der Waals surface area contributed by atoms with Crippen LogP contribution in [0.1, 0.15) is 51.1 Å². The van der Waals surface area contributed by atoms with Gasteiger partial charge in [0.25, 0.3) is 5.56 Å². The number of nitrogen functional groups attached to an aromatic ring is 1. The molecule has 1 aromatic heterocycles. The summed E-state index contributed by atoms with van der Waals surface area (Å²) in [5.41, 5.74) is 4.80. The number of esters is 1. The number of Topliss-reactive ketones (excluding diaryl/α,β-unsaturated/α-hetero) is 2. The van der Waals surface area contributed by atoms with E-state index < -0.39 is 40.5 Å². The number of hydrogen-bond acceptors (Lipinski definition) is 11. The average molecular weight is 593 g/mol. The molecule has 1 spiro atoms. The van der Waals surface area contributed by atoms with Crippen LogP contribution in [0.4, 0.5) is 11.8 Å². The second kappa shape index (κ2) is 9.62. The Morgan fingerprint density at radius 1 is 1.10 bits per heavy atom. The highest BCUT2D eigenvalue weighted by Crippen LogP contribution is 2.56. The third-order valence-corrected chi connectivity index (χ3v) is 8.37. The lowest BCUT2D eigenvalue weighted by atomic mass is 9.66. The summed E-state index contributed by atoms with van der Waals surface area (Å²) in [5, 5.41) is 3.13. The molecule has 1 aliphatic carbocycles. The number of carbonyl (C=O) groups excluding carboxylic acids is 3. The van der Waals surface area contributed by atoms with Crippen LogP contribution in [0.5, 0.6) is 17.2 Å². The Bertz CT molecular complexity index is 1800. The van der Waals surface area contributed by atoms with Gasteiger partial charge >= 0.3 is 5.97 Å². The summed E-state index contributed by atoms with van der Waals surface area (Å²) in [6.07, 6.45) is 0.183. The number of nitrogens with one attached hydrogen (secondary N) is 2. The minimum Gasteiger partial charge on any atom is -0.496 e. The Kier molecular flexibility index (Phi) is 6.26. The van der Waals surface area contributed by atoms with Gasteiger partial charge in [-0.25, -0.2) is 4.79 Å². The number of hydrogen-bond donors (Lipinski definition) is 3. The van der Waals surface area contributed by atoms with Gasteiger partial charge in [-0.2, -0.15) is 4.98 Å². The highest BCUT2D eigenvalue weighted by molar-refractivity contribution is 6.36. The van der Waals surface area contributed by atoms with E-state index in [9.17, 15) is 19.2 Å². The summed E-state index contributed by atoms with van der Waals surface area (Å²) < 4.78 is 21.9. The second-order valence-electron chi connectivity index (χ2n) is 10.2. The van der Waals surface area contributed by atoms with E-state index in [1.54, 1.807) is 19.1 Å². The molecule has 0 fully saturated rings. The molecule has 3 heterocycles. The zero-order chi connectivity index (χ0) is 30.1. The third-order valence-electron chi connectivity index (χ3n) is 8.02. The van der Waals surface area contributed by atoms with E-state index in [4.69, 9.17) is 36.3 Å². The van der Waals surface area contributed by atoms with Crippen molar-refractivity contribution in [2.24, 2.45) is 5.92 Å². The first-order chi connectivity index (χ1) is 20.1. The number of ketones is 2. The second-order valence-corrected chi connectivity index (χ2v) is 10.6. The van der Waals surface area contributed by atoms with Crippen molar-refractivity contribution < 1.29 is 33.3 Å². The summed E-state index contributed by atoms with van der Waals surface area (Å²) in [7, 11) is 4.06. The number of fused-ring (bicyclic) bond motifs is 2. The van der Waals surface area contributed by atoms with Gasteiger partial charge in [0, 0.05) is 29.2 Å². The first kappa shape index (κ1) is 27.3. The molecule has 1 unspecified atom stereocenters. The van der Waals surface area contributed by atoms with Crippen LogP contribution in [0.25, 0.3) is 0 Å². The predicted molar refractivity (Wildman–Crippen MR) is 151 cm³/mol. The van der Waals surface area contributed by atoms with Crippen LogP contribution in [0, 0.1) is 5.92 Å². The molecule has 2 aromatic carbocycles. The lowest BCUT2D eigenvalue weighted by Gasteiger charge is -2.42. The Balaban J connectivity index is 1.56. The van der Waals surface area contributed by atoms with Crippen molar-refractivity contribution in [2.45, 2.75) is 24.9 Å². The average Bonchev–Trinajstić information content (AvgIpc) is 3.29. The molecule has 0 bridgehead atoms. The van der Waals surface area contributed by atoms with Crippen LogP contribution in [0.3, 0.4) is 0 Å². The molecule has 216 valence electrons. The molecule has 3 atom stereocenters. The zero-order valence-electron chi connectivity index (χ0n) is 22.9. The number of aromatic nitrogens is 2. The number of benzene rings is 2. The maximum absolute atomic E-state index is 14.7. The van der Waals surface area contributed by atoms with Crippen LogP contribution < -0.4 is 30.8 Å². The third kappa shape index (κ3) is 3.64. The fourth-order valence-corrected chi connectivity index (χ4v) is 6.30. The monoisotopic (exact) mass is 592 g/mol. The summed E-state index contributed by atoms with van der Waals surface area (Å²) in [4.78, 5) is 61.2. The van der Waals surface area contributed by atoms with Crippen LogP contribution >= 0.6 is 11.6 Å². The first-order valence-corrected chi connectivity index (χ1v) is 13.3. The van der Waals surface area contributed by atoms with E-state index in [1.807, 2.05) is 0 Å². The molecule has 3 aromatic rings. The summed E-state index contributed by atoms with van der Waals surface area (Å²) in [6, 6.07) is 7.74. The quantitative estimate of drug-likeness (QED) is 0.300. The van der Waals surface area contributed by atoms with Gasteiger partial charge in [-0.15, -0.1) is 0 Å². The number of rotatable bonds is 4. The fourth-order valence-electron chi connectivity index (χ4n) is 6.03. The van der Waals surface area contributed by atoms with Crippen molar-refractivity contribution in [2.75, 3.05) is 32.4 Å². The summed E-state index contributed by atoms with van der Waals surface area (Å²) in [6.45, 7) is 1.72. The molecular formula is C29H25ClN4O8. The summed E-state index contributed by atoms with van der Waals surface area (Å²) >= 11 is 6.57. The van der Waals surface area contributed by atoms with E-state index in [-0.39, 0.29) is 62.7 Å². The molecular weight excluding hydrogens is 568 g/mol. The highest BCUT2D eigenvalue weighted by Gasteiger charge is 2.63. The normalized spacial score (nSPS) is 22.1. The van der Waals surface area contributed by atoms with Crippen molar-refractivity contribution in [1.82, 2.24) is 9.97 Å². The van der Waals surface area contributed by atoms with Crippen molar-refractivity contribution >= 4 is 40.9 Å². The first-order valence-electron chi connectivity index (χ1n) is 12.9. The standard InChI is InChI=1S/C29H25ClN4O8/c1-11-9-14-18(23(35)29(11)24(36)19-15(39-2)10-16(40-3)21(30)22(19)42-29)17(12-5-7-13(8-6-12)27(38)41-4)20-25(32-14)33-28(31)34-26(20)37/h5-8,10-11,17H,9H2,1-4H3,(H4,31,32,33,34,37)/t11-,17?,29+/m1/s1. The lowest BCUT2D eigenvalue weighted by Crippen LogP contribution is -2.58. The topological polar surface area (TPSA) is 172 Å². The molecule has 13 heteroatoms. The number of ether oxygens (including phenoxy) is 4. The van der Waals surface area contributed by atoms with Crippen LogP contribution in [0.2, 0.25) is 5.02 Å². The SMILES string of the molecule is COC(=O)c1ccc(C2C3=C(C[C@@H](C)[C@]4(Oc5c(Cl)c(OC)cc(OC)c5C4=O)C3=O)Nc3nc(N)[nH]c(=O)c32)cc1. The van der Waals surface area contributed by atoms with Crippen molar-refractivity contribution in [1.29, 1.82) is 0 Å². The van der Waals surface area contributed by atoms with Gasteiger partial charge in [0.05, 0.1) is 32.5 Å². The van der Waals surface area contributed by atoms with Gasteiger partial charge in [-0.3, -0.25) is 19.4 Å². The molecule has 4 N–H and O–H groups in total. The lowest BCUT2D eigenvalue weighted by molar-refractivity contribution is -0.130. The molecule has 42 heavy (non-hydrogen) atoms. The van der Waals surface area contributed by atoms with Gasteiger partial charge in [0.15, 0.2) is 5.75 Å². The Labute approximate surface area is 243 Å². The Hall–Kier alpha value is -4.84. The van der Waals surface area contributed by atoms with Gasteiger partial charge in [0.2, 0.25) is 23.1 Å². The Morgan fingerprint density at radius 2 is 1.79 bits per heavy atom. The molecule has 0 saturated heterocycles. The molecule has 3 aliphatic rings. The maximum Gasteiger partial charge on any atom is 0.337 e. The maximum atomic E-state index is 14.7. The molecule has 12 nitrogen and oxygen atoms in total. The molecule has 2 aliphatic heterocycles. The molecule has 0 saturated carbocycles. The van der Waals surface area contributed by atoms with Crippen molar-refractivity contribution in [3.8, 4) is 17.2 Å². The van der Waals surface area contributed by atoms with Crippen LogP contribution in [0.15, 0.2) is 46.4 Å². The highest BCUT2D eigenvalue weighted by atomic mass is 35.5. The number of nitrogens with two attached hydrogens (primary N) is 1. The van der Waals surface area contributed by atoms with E-state index in [0.717, 1.165) is 0 Å². The van der Waals surface area contributed by atoms with Crippen LogP contribution in [-0.4, -0.2) is 54.4 Å². The minimum atomic E-state index is -2.00. The fraction of sp³-hybridized carbons (Fsp3) is 0.276. The molecule has 0 radical (unpaired) electrons. The number of allylic oxidation sites excluding steroid dienone is 1. The van der Waals surface area contributed by atoms with E-state index in [2.05, 4.69) is 15.3 Å². The number of halogens is 1. The Morgan fingerprint density at radius 3 is 2.43 bits per heavy atom. The number of anilines is 2. The zero-order valence-corrected chi connectivity index (χ0v) is 23.7. The number of H-pyrrole nitrogens is 1. The number of aromatic amines is 1. The van der Waals surface area contributed by atoms with Crippen molar-refractivity contribution in [3.05, 3.63) is 79.2 Å². The number of nitrogens with zero attached hydrogens (tertiary/aromatic N) is 1. The number of methoxy groups -OCH3 is 3. The van der Waals surface area contributed by atoms with E-state index in [1.165, 1.54) is 39.5 Å².